The van der Waals surface area contributed by atoms with Gasteiger partial charge in [-0.05, 0) is 66.3 Å². The van der Waals surface area contributed by atoms with Crippen LogP contribution < -0.4 is 16.0 Å². The summed E-state index contributed by atoms with van der Waals surface area (Å²) >= 11 is 6.88. The van der Waals surface area contributed by atoms with E-state index in [4.69, 9.17) is 12.2 Å². The van der Waals surface area contributed by atoms with Crippen LogP contribution in [0.4, 0.5) is 17.2 Å². The molecule has 5 nitrogen and oxygen atoms in total. The van der Waals surface area contributed by atoms with E-state index in [2.05, 4.69) is 20.9 Å². The summed E-state index contributed by atoms with van der Waals surface area (Å²) in [6.07, 6.45) is 1.66. The summed E-state index contributed by atoms with van der Waals surface area (Å²) in [4.78, 5) is 18.3. The van der Waals surface area contributed by atoms with Crippen LogP contribution in [0.15, 0.2) is 114 Å². The summed E-state index contributed by atoms with van der Waals surface area (Å²) in [5, 5.41) is 9.34. The Bertz CT molecular complexity index is 1190. The largest absolute Gasteiger partial charge is 0.332 e. The molecule has 1 atom stereocenters. The molecule has 1 unspecified atom stereocenters. The third-order valence-corrected chi connectivity index (χ3v) is 6.12. The van der Waals surface area contributed by atoms with E-state index in [0.717, 1.165) is 21.8 Å². The van der Waals surface area contributed by atoms with Gasteiger partial charge in [-0.1, -0.05) is 54.6 Å². The molecule has 1 heterocycles. The molecule has 1 aromatic heterocycles. The summed E-state index contributed by atoms with van der Waals surface area (Å²) in [5.41, 5.74) is 2.71. The molecule has 0 aliphatic carbocycles. The highest BCUT2D eigenvalue weighted by Crippen LogP contribution is 2.36. The maximum Gasteiger partial charge on any atom is 0.243 e. The molecule has 0 bridgehead atoms. The summed E-state index contributed by atoms with van der Waals surface area (Å²) in [6, 6.07) is 32.8. The Balaban J connectivity index is 1.43. The molecule has 3 N–H and O–H groups in total. The molecule has 7 heteroatoms. The van der Waals surface area contributed by atoms with Crippen molar-refractivity contribution in [1.82, 2.24) is 4.98 Å². The van der Waals surface area contributed by atoms with Gasteiger partial charge in [0.1, 0.15) is 11.1 Å². The first kappa shape index (κ1) is 22.5. The van der Waals surface area contributed by atoms with Crippen LogP contribution in [-0.2, 0) is 4.79 Å². The number of aromatic nitrogens is 1. The van der Waals surface area contributed by atoms with Gasteiger partial charge in [-0.3, -0.25) is 4.79 Å². The number of benzene rings is 3. The number of para-hydroxylation sites is 1. The lowest BCUT2D eigenvalue weighted by Crippen LogP contribution is -2.19. The lowest BCUT2D eigenvalue weighted by atomic mass is 10.1. The number of amides is 1. The molecule has 0 radical (unpaired) electrons. The quantitative estimate of drug-likeness (QED) is 0.216. The first-order valence-corrected chi connectivity index (χ1v) is 11.6. The van der Waals surface area contributed by atoms with Gasteiger partial charge in [0, 0.05) is 22.5 Å². The van der Waals surface area contributed by atoms with Gasteiger partial charge in [-0.2, -0.15) is 0 Å². The molecule has 1 amide bonds. The van der Waals surface area contributed by atoms with Crippen molar-refractivity contribution in [1.29, 1.82) is 0 Å². The molecule has 0 spiro atoms. The average Bonchev–Trinajstić information content (AvgIpc) is 2.85. The fourth-order valence-electron chi connectivity index (χ4n) is 3.10. The van der Waals surface area contributed by atoms with Crippen molar-refractivity contribution in [2.75, 3.05) is 16.0 Å². The number of thioether (sulfide) groups is 1. The van der Waals surface area contributed by atoms with Crippen LogP contribution in [-0.4, -0.2) is 16.0 Å². The molecule has 3 aromatic carbocycles. The number of anilines is 3. The number of nitrogens with one attached hydrogen (secondary N) is 3. The number of carbonyl (C=O) groups excluding carboxylic acids is 1. The molecule has 33 heavy (non-hydrogen) atoms. The van der Waals surface area contributed by atoms with Gasteiger partial charge in [0.2, 0.25) is 5.91 Å². The highest BCUT2D eigenvalue weighted by molar-refractivity contribution is 8.00. The van der Waals surface area contributed by atoms with Crippen molar-refractivity contribution in [2.24, 2.45) is 0 Å². The number of hydrogen-bond donors (Lipinski definition) is 3. The first-order chi connectivity index (χ1) is 16.2. The van der Waals surface area contributed by atoms with Crippen LogP contribution in [0.1, 0.15) is 10.8 Å². The summed E-state index contributed by atoms with van der Waals surface area (Å²) in [7, 11) is 0. The minimum Gasteiger partial charge on any atom is -0.332 e. The summed E-state index contributed by atoms with van der Waals surface area (Å²) < 4.78 is 0. The van der Waals surface area contributed by atoms with E-state index in [0.29, 0.717) is 10.9 Å². The molecule has 0 aliphatic rings. The Hall–Kier alpha value is -3.68. The molecule has 4 aromatic rings. The molecule has 0 saturated carbocycles. The third-order valence-electron chi connectivity index (χ3n) is 4.65. The SMILES string of the molecule is O=C(Nc1ccccn1)C(Sc1ccc(NC(=S)Nc2ccccc2)cc1)c1ccccc1. The Morgan fingerprint density at radius 2 is 1.33 bits per heavy atom. The molecular formula is C26H22N4OS2. The van der Waals surface area contributed by atoms with Crippen molar-refractivity contribution < 1.29 is 4.79 Å². The zero-order valence-electron chi connectivity index (χ0n) is 17.6. The Kier molecular flexibility index (Phi) is 7.68. The number of pyridine rings is 1. The van der Waals surface area contributed by atoms with E-state index in [-0.39, 0.29) is 5.91 Å². The van der Waals surface area contributed by atoms with E-state index in [1.165, 1.54) is 11.8 Å². The van der Waals surface area contributed by atoms with Crippen LogP contribution >= 0.6 is 24.0 Å². The van der Waals surface area contributed by atoms with E-state index in [1.807, 2.05) is 97.1 Å². The van der Waals surface area contributed by atoms with Crippen molar-refractivity contribution >= 4 is 52.2 Å². The van der Waals surface area contributed by atoms with Gasteiger partial charge < -0.3 is 16.0 Å². The van der Waals surface area contributed by atoms with E-state index in [9.17, 15) is 4.79 Å². The molecule has 0 aliphatic heterocycles. The number of carbonyl (C=O) groups is 1. The molecule has 0 fully saturated rings. The van der Waals surface area contributed by atoms with E-state index >= 15 is 0 Å². The van der Waals surface area contributed by atoms with Gasteiger partial charge in [-0.25, -0.2) is 4.98 Å². The summed E-state index contributed by atoms with van der Waals surface area (Å²) in [6.45, 7) is 0. The number of hydrogen-bond acceptors (Lipinski definition) is 4. The normalized spacial score (nSPS) is 11.3. The number of thiocarbonyl (C=S) groups is 1. The highest BCUT2D eigenvalue weighted by atomic mass is 32.2. The lowest BCUT2D eigenvalue weighted by molar-refractivity contribution is -0.115. The van der Waals surface area contributed by atoms with Crippen molar-refractivity contribution in [3.8, 4) is 0 Å². The fraction of sp³-hybridized carbons (Fsp3) is 0.0385. The maximum atomic E-state index is 13.1. The fourth-order valence-corrected chi connectivity index (χ4v) is 4.36. The Labute approximate surface area is 202 Å². The number of nitrogens with zero attached hydrogens (tertiary/aromatic N) is 1. The highest BCUT2D eigenvalue weighted by Gasteiger charge is 2.22. The van der Waals surface area contributed by atoms with Crippen LogP contribution in [0.2, 0.25) is 0 Å². The molecule has 164 valence electrons. The second kappa shape index (κ2) is 11.3. The lowest BCUT2D eigenvalue weighted by Gasteiger charge is -2.17. The second-order valence-corrected chi connectivity index (χ2v) is 8.67. The van der Waals surface area contributed by atoms with Crippen molar-refractivity contribution in [3.63, 3.8) is 0 Å². The Morgan fingerprint density at radius 3 is 1.97 bits per heavy atom. The molecule has 0 saturated heterocycles. The second-order valence-electron chi connectivity index (χ2n) is 7.08. The predicted molar refractivity (Wildman–Crippen MR) is 141 cm³/mol. The standard InChI is InChI=1S/C26H22N4OS2/c31-25(30-23-13-7-8-18-27-23)24(19-9-3-1-4-10-19)33-22-16-14-21(15-17-22)29-26(32)28-20-11-5-2-6-12-20/h1-18,24H,(H,27,30,31)(H2,28,29,32). The van der Waals surface area contributed by atoms with Crippen LogP contribution in [0, 0.1) is 0 Å². The van der Waals surface area contributed by atoms with Crippen LogP contribution in [0.5, 0.6) is 0 Å². The topological polar surface area (TPSA) is 66.0 Å². The van der Waals surface area contributed by atoms with Gasteiger partial charge in [0.05, 0.1) is 0 Å². The van der Waals surface area contributed by atoms with Gasteiger partial charge in [0.25, 0.3) is 0 Å². The van der Waals surface area contributed by atoms with E-state index < -0.39 is 5.25 Å². The number of rotatable bonds is 7. The van der Waals surface area contributed by atoms with Crippen LogP contribution in [0.25, 0.3) is 0 Å². The maximum absolute atomic E-state index is 13.1. The van der Waals surface area contributed by atoms with Crippen LogP contribution in [0.3, 0.4) is 0 Å². The zero-order chi connectivity index (χ0) is 22.9. The van der Waals surface area contributed by atoms with E-state index in [1.54, 1.807) is 12.3 Å². The van der Waals surface area contributed by atoms with Gasteiger partial charge >= 0.3 is 0 Å². The third kappa shape index (κ3) is 6.65. The first-order valence-electron chi connectivity index (χ1n) is 10.3. The van der Waals surface area contributed by atoms with Crippen molar-refractivity contribution in [2.45, 2.75) is 10.1 Å². The molecular weight excluding hydrogens is 448 g/mol. The summed E-state index contributed by atoms with van der Waals surface area (Å²) in [5.74, 6) is 0.406. The van der Waals surface area contributed by atoms with Gasteiger partial charge in [0.15, 0.2) is 5.11 Å². The molecule has 4 rings (SSSR count). The predicted octanol–water partition coefficient (Wildman–Crippen LogP) is 6.36. The monoisotopic (exact) mass is 470 g/mol. The smallest absolute Gasteiger partial charge is 0.243 e. The minimum absolute atomic E-state index is 0.125. The van der Waals surface area contributed by atoms with Gasteiger partial charge in [-0.15, -0.1) is 11.8 Å². The average molecular weight is 471 g/mol. The minimum atomic E-state index is -0.423. The van der Waals surface area contributed by atoms with Crippen molar-refractivity contribution in [3.05, 3.63) is 115 Å². The zero-order valence-corrected chi connectivity index (χ0v) is 19.3. The Morgan fingerprint density at radius 1 is 0.727 bits per heavy atom.